The van der Waals surface area contributed by atoms with E-state index in [0.29, 0.717) is 24.0 Å². The first-order chi connectivity index (χ1) is 8.32. The van der Waals surface area contributed by atoms with Gasteiger partial charge in [0, 0.05) is 24.4 Å². The summed E-state index contributed by atoms with van der Waals surface area (Å²) >= 11 is 0. The summed E-state index contributed by atoms with van der Waals surface area (Å²) in [6, 6.07) is 1.68. The average molecular weight is 252 g/mol. The van der Waals surface area contributed by atoms with Crippen LogP contribution >= 0.6 is 0 Å². The Morgan fingerprint density at radius 3 is 2.44 bits per heavy atom. The maximum atomic E-state index is 10.7. The van der Waals surface area contributed by atoms with Crippen LogP contribution in [-0.4, -0.2) is 22.4 Å². The van der Waals surface area contributed by atoms with Gasteiger partial charge >= 0.3 is 0 Å². The van der Waals surface area contributed by atoms with Gasteiger partial charge in [0.2, 0.25) is 5.91 Å². The van der Waals surface area contributed by atoms with E-state index in [9.17, 15) is 4.79 Å². The number of hydrogen-bond donors (Lipinski definition) is 4. The Kier molecular flexibility index (Phi) is 4.43. The number of hydrazine groups is 1. The summed E-state index contributed by atoms with van der Waals surface area (Å²) < 4.78 is 0. The molecule has 0 spiro atoms. The summed E-state index contributed by atoms with van der Waals surface area (Å²) in [5, 5.41) is 3.02. The molecule has 0 saturated carbocycles. The number of nitrogens with one attached hydrogen (secondary N) is 2. The van der Waals surface area contributed by atoms with Crippen molar-refractivity contribution >= 4 is 17.5 Å². The lowest BCUT2D eigenvalue weighted by atomic mass is 9.96. The molecule has 7 nitrogen and oxygen atoms in total. The Bertz CT molecular complexity index is 426. The summed E-state index contributed by atoms with van der Waals surface area (Å²) in [6.45, 7) is 6.46. The number of amides is 1. The van der Waals surface area contributed by atoms with Crippen LogP contribution in [0.2, 0.25) is 0 Å². The van der Waals surface area contributed by atoms with Crippen LogP contribution in [0, 0.1) is 0 Å². The third-order valence-electron chi connectivity index (χ3n) is 2.22. The van der Waals surface area contributed by atoms with Gasteiger partial charge in [-0.2, -0.15) is 0 Å². The molecular weight excluding hydrogens is 232 g/mol. The molecule has 1 rings (SSSR count). The van der Waals surface area contributed by atoms with Crippen molar-refractivity contribution in [2.75, 3.05) is 17.3 Å². The minimum atomic E-state index is -0.357. The molecule has 7 heteroatoms. The van der Waals surface area contributed by atoms with E-state index in [4.69, 9.17) is 11.6 Å². The fourth-order valence-corrected chi connectivity index (χ4v) is 1.26. The fraction of sp³-hybridized carbons (Fsp3) is 0.545. The van der Waals surface area contributed by atoms with Gasteiger partial charge in [0.25, 0.3) is 0 Å². The lowest BCUT2D eigenvalue weighted by Gasteiger charge is -2.18. The molecule has 0 aromatic carbocycles. The summed E-state index contributed by atoms with van der Waals surface area (Å²) in [5.41, 5.74) is 7.38. The average Bonchev–Trinajstić information content (AvgIpc) is 2.27. The van der Waals surface area contributed by atoms with Crippen molar-refractivity contribution in [3.8, 4) is 0 Å². The minimum Gasteiger partial charge on any atom is -0.370 e. The zero-order valence-corrected chi connectivity index (χ0v) is 10.9. The van der Waals surface area contributed by atoms with E-state index in [-0.39, 0.29) is 17.7 Å². The van der Waals surface area contributed by atoms with Crippen molar-refractivity contribution in [1.82, 2.24) is 9.97 Å². The number of nitrogen functional groups attached to an aromatic ring is 1. The van der Waals surface area contributed by atoms with Crippen LogP contribution < -0.4 is 22.3 Å². The van der Waals surface area contributed by atoms with Crippen LogP contribution in [-0.2, 0) is 10.2 Å². The third kappa shape index (κ3) is 4.17. The van der Waals surface area contributed by atoms with Crippen molar-refractivity contribution in [3.05, 3.63) is 11.9 Å². The predicted octanol–water partition coefficient (Wildman–Crippen LogP) is 0.347. The quantitative estimate of drug-likeness (QED) is 0.443. The number of carbonyl (C=O) groups is 1. The molecule has 1 aromatic rings. The monoisotopic (exact) mass is 252 g/mol. The number of rotatable bonds is 5. The van der Waals surface area contributed by atoms with Crippen molar-refractivity contribution in [1.29, 1.82) is 0 Å². The summed E-state index contributed by atoms with van der Waals surface area (Å²) in [6.07, 6.45) is 0.250. The van der Waals surface area contributed by atoms with Crippen LogP contribution in [0.5, 0.6) is 0 Å². The topological polar surface area (TPSA) is 119 Å². The molecule has 1 amide bonds. The molecule has 0 radical (unpaired) electrons. The van der Waals surface area contributed by atoms with Crippen molar-refractivity contribution in [3.63, 3.8) is 0 Å². The smallest absolute Gasteiger partial charge is 0.219 e. The molecule has 0 aliphatic rings. The Hall–Kier alpha value is -1.89. The Balaban J connectivity index is 2.87. The molecule has 1 aromatic heterocycles. The molecule has 1 heterocycles. The lowest BCUT2D eigenvalue weighted by molar-refractivity contribution is -0.117. The Labute approximate surface area is 106 Å². The first-order valence-electron chi connectivity index (χ1n) is 5.71. The second-order valence-electron chi connectivity index (χ2n) is 5.00. The van der Waals surface area contributed by atoms with E-state index < -0.39 is 0 Å². The lowest BCUT2D eigenvalue weighted by Crippen LogP contribution is -2.21. The highest BCUT2D eigenvalue weighted by Gasteiger charge is 2.18. The van der Waals surface area contributed by atoms with E-state index in [1.165, 1.54) is 0 Å². The fourth-order valence-electron chi connectivity index (χ4n) is 1.26. The van der Waals surface area contributed by atoms with Crippen molar-refractivity contribution in [2.24, 2.45) is 11.6 Å². The standard InChI is InChI=1S/C11H20N6O/c1-11(2,3)10-15-8(6-9(16-10)17-13)14-5-4-7(12)18/h6H,4-5,13H2,1-3H3,(H2,12,18)(H2,14,15,16,17). The van der Waals surface area contributed by atoms with Crippen LogP contribution in [0.3, 0.4) is 0 Å². The van der Waals surface area contributed by atoms with Gasteiger partial charge in [-0.05, 0) is 0 Å². The number of primary amides is 1. The molecular formula is C11H20N6O. The highest BCUT2D eigenvalue weighted by atomic mass is 16.1. The predicted molar refractivity (Wildman–Crippen MR) is 70.8 cm³/mol. The van der Waals surface area contributed by atoms with Gasteiger partial charge in [0.05, 0.1) is 0 Å². The van der Waals surface area contributed by atoms with E-state index in [0.717, 1.165) is 0 Å². The maximum Gasteiger partial charge on any atom is 0.219 e. The second kappa shape index (κ2) is 5.63. The van der Waals surface area contributed by atoms with Crippen LogP contribution in [0.1, 0.15) is 33.0 Å². The largest absolute Gasteiger partial charge is 0.370 e. The molecule has 6 N–H and O–H groups in total. The summed E-state index contributed by atoms with van der Waals surface area (Å²) in [7, 11) is 0. The number of nitrogens with two attached hydrogens (primary N) is 2. The zero-order chi connectivity index (χ0) is 13.8. The van der Waals surface area contributed by atoms with E-state index >= 15 is 0 Å². The van der Waals surface area contributed by atoms with E-state index in [1.807, 2.05) is 20.8 Å². The molecule has 18 heavy (non-hydrogen) atoms. The molecule has 100 valence electrons. The Morgan fingerprint density at radius 2 is 1.94 bits per heavy atom. The molecule has 0 saturated heterocycles. The third-order valence-corrected chi connectivity index (χ3v) is 2.22. The van der Waals surface area contributed by atoms with Crippen LogP contribution in [0.15, 0.2) is 6.07 Å². The number of carbonyl (C=O) groups excluding carboxylic acids is 1. The van der Waals surface area contributed by atoms with Gasteiger partial charge in [0.1, 0.15) is 17.5 Å². The summed E-state index contributed by atoms with van der Waals surface area (Å²) in [4.78, 5) is 19.3. The molecule has 0 aliphatic carbocycles. The van der Waals surface area contributed by atoms with E-state index in [2.05, 4.69) is 20.7 Å². The number of hydrogen-bond acceptors (Lipinski definition) is 6. The first kappa shape index (κ1) is 14.2. The highest BCUT2D eigenvalue weighted by molar-refractivity contribution is 5.74. The first-order valence-corrected chi connectivity index (χ1v) is 5.71. The number of aromatic nitrogens is 2. The molecule has 0 atom stereocenters. The van der Waals surface area contributed by atoms with Gasteiger partial charge < -0.3 is 16.5 Å². The molecule has 0 fully saturated rings. The van der Waals surface area contributed by atoms with Gasteiger partial charge in [-0.1, -0.05) is 20.8 Å². The van der Waals surface area contributed by atoms with Crippen molar-refractivity contribution < 1.29 is 4.79 Å². The zero-order valence-electron chi connectivity index (χ0n) is 10.9. The van der Waals surface area contributed by atoms with Gasteiger partial charge in [-0.25, -0.2) is 15.8 Å². The van der Waals surface area contributed by atoms with Gasteiger partial charge in [-0.3, -0.25) is 4.79 Å². The molecule has 0 bridgehead atoms. The number of anilines is 2. The normalized spacial score (nSPS) is 11.1. The van der Waals surface area contributed by atoms with E-state index in [1.54, 1.807) is 6.07 Å². The van der Waals surface area contributed by atoms with Crippen LogP contribution in [0.25, 0.3) is 0 Å². The minimum absolute atomic E-state index is 0.188. The summed E-state index contributed by atoms with van der Waals surface area (Å²) in [5.74, 6) is 6.81. The maximum absolute atomic E-state index is 10.7. The molecule has 0 unspecified atom stereocenters. The highest BCUT2D eigenvalue weighted by Crippen LogP contribution is 2.21. The second-order valence-corrected chi connectivity index (χ2v) is 5.00. The van der Waals surface area contributed by atoms with Crippen LogP contribution in [0.4, 0.5) is 11.6 Å². The molecule has 0 aliphatic heterocycles. The SMILES string of the molecule is CC(C)(C)c1nc(NN)cc(NCCC(N)=O)n1. The van der Waals surface area contributed by atoms with Crippen molar-refractivity contribution in [2.45, 2.75) is 32.6 Å². The number of nitrogens with zero attached hydrogens (tertiary/aromatic N) is 2. The van der Waals surface area contributed by atoms with Gasteiger partial charge in [-0.15, -0.1) is 0 Å². The Morgan fingerprint density at radius 1 is 1.33 bits per heavy atom. The van der Waals surface area contributed by atoms with Gasteiger partial charge in [0.15, 0.2) is 0 Å².